The van der Waals surface area contributed by atoms with E-state index in [0.29, 0.717) is 12.8 Å². The number of aliphatic hydroxyl groups excluding tert-OH is 2. The van der Waals surface area contributed by atoms with Crippen molar-refractivity contribution in [1.82, 2.24) is 53.2 Å². The molecule has 0 aliphatic rings. The fourth-order valence-electron chi connectivity index (χ4n) is 8.58. The van der Waals surface area contributed by atoms with Crippen LogP contribution in [-0.2, 0) is 100 Å². The van der Waals surface area contributed by atoms with Crippen LogP contribution in [0, 0.1) is 23.7 Å². The highest BCUT2D eigenvalue weighted by molar-refractivity contribution is 5.99. The lowest BCUT2D eigenvalue weighted by molar-refractivity contribution is -0.145. The van der Waals surface area contributed by atoms with Crippen molar-refractivity contribution in [2.24, 2.45) is 23.7 Å². The Morgan fingerprint density at radius 1 is 0.293 bits per heavy atom. The third kappa shape index (κ3) is 38.3. The Morgan fingerprint density at radius 3 is 0.788 bits per heavy atom. The molecule has 0 saturated carbocycles. The number of carbonyl (C=O) groups excluding carboxylic acids is 10. The van der Waals surface area contributed by atoms with Gasteiger partial charge in [0, 0.05) is 25.7 Å². The Bertz CT molecular complexity index is 2490. The molecule has 39 heteroatoms. The molecule has 0 aliphatic carbocycles. The van der Waals surface area contributed by atoms with Crippen molar-refractivity contribution in [3.05, 3.63) is 0 Å². The van der Waals surface area contributed by atoms with Gasteiger partial charge in [0.2, 0.25) is 59.1 Å². The number of carboxylic acid groups (broad SMARTS) is 6. The summed E-state index contributed by atoms with van der Waals surface area (Å²) < 4.78 is 27.4. The van der Waals surface area contributed by atoms with Gasteiger partial charge in [-0.3, -0.25) is 67.1 Å². The van der Waals surface area contributed by atoms with Crippen LogP contribution >= 0.6 is 0 Å². The molecular weight excluding hydrogens is 1320 g/mol. The molecule has 564 valence electrons. The third-order valence-electron chi connectivity index (χ3n) is 14.7. The minimum absolute atomic E-state index is 0.0636. The minimum Gasteiger partial charge on any atom is -0.481 e. The molecular formula is C60H100N10O29. The second kappa shape index (κ2) is 49.7. The van der Waals surface area contributed by atoms with Crippen LogP contribution in [0.3, 0.4) is 0 Å². The Balaban J connectivity index is 5.08. The summed E-state index contributed by atoms with van der Waals surface area (Å²) in [5, 5.41) is 98.9. The zero-order chi connectivity index (χ0) is 75.5. The number of aliphatic hydroxyl groups is 2. The number of carbonyl (C=O) groups is 16. The number of amides is 10. The van der Waals surface area contributed by atoms with Gasteiger partial charge in [-0.2, -0.15) is 0 Å². The van der Waals surface area contributed by atoms with Crippen molar-refractivity contribution in [3.8, 4) is 0 Å². The summed E-state index contributed by atoms with van der Waals surface area (Å²) in [6.07, 6.45) is -4.24. The number of rotatable bonds is 56. The molecule has 10 amide bonds. The molecule has 18 N–H and O–H groups in total. The standard InChI is InChI=1S/C60H100N10O29/c1-9-33(7)49(57(89)61-35(11-13-43(75)76)51(83)65-39(29-71)55(87)63-37(27-45(79)80)53(85)69-47(31(3)4)59(91)92)67-41(73)15-17-95-19-21-97-23-25-99-26-24-98-22-20-96-18-16-42(74)68-50(34(8)10-2)58(90)62-36(12-14-44(77)78)52(84)66-40(30-72)56(88)64-38(28-46(81)82)54(86)70-48(32(5)6)60(93)94/h31-40,47-50,71-72H,9-30H2,1-8H3,(H,61,89)(H,62,90)(H,63,87)(H,64,88)(H,65,83)(H,66,84)(H,67,73)(H,68,74)(H,69,85)(H,70,86)(H,75,76)(H,77,78)(H,79,80)(H,81,82)(H,91,92)(H,93,94)/t33-,34-,35-,36-,37-,38-,39-,40-,47-,48-,49-,50-/m0/s1. The Morgan fingerprint density at radius 2 is 0.545 bits per heavy atom. The maximum atomic E-state index is 13.6. The Labute approximate surface area is 570 Å². The van der Waals surface area contributed by atoms with E-state index in [-0.39, 0.29) is 78.9 Å². The van der Waals surface area contributed by atoms with Crippen molar-refractivity contribution in [3.63, 3.8) is 0 Å². The van der Waals surface area contributed by atoms with Crippen LogP contribution in [0.4, 0.5) is 0 Å². The molecule has 0 saturated heterocycles. The summed E-state index contributed by atoms with van der Waals surface area (Å²) in [6, 6.07) is -16.3. The molecule has 0 spiro atoms. The zero-order valence-corrected chi connectivity index (χ0v) is 56.8. The molecule has 0 aromatic heterocycles. The predicted molar refractivity (Wildman–Crippen MR) is 339 cm³/mol. The maximum Gasteiger partial charge on any atom is 0.326 e. The molecule has 39 nitrogen and oxygen atoms in total. The Hall–Kier alpha value is -8.76. The first-order valence-corrected chi connectivity index (χ1v) is 32.0. The highest BCUT2D eigenvalue weighted by Gasteiger charge is 2.38. The second-order valence-electron chi connectivity index (χ2n) is 23.4. The van der Waals surface area contributed by atoms with E-state index in [1.807, 2.05) is 0 Å². The van der Waals surface area contributed by atoms with Crippen LogP contribution in [-0.4, -0.2) is 275 Å². The van der Waals surface area contributed by atoms with Gasteiger partial charge in [-0.1, -0.05) is 68.2 Å². The normalized spacial score (nSPS) is 14.8. The number of ether oxygens (including phenoxy) is 5. The fraction of sp³-hybridized carbons (Fsp3) is 0.733. The van der Waals surface area contributed by atoms with Crippen molar-refractivity contribution < 1.29 is 141 Å². The summed E-state index contributed by atoms with van der Waals surface area (Å²) in [4.78, 5) is 202. The van der Waals surface area contributed by atoms with Gasteiger partial charge in [-0.25, -0.2) is 9.59 Å². The van der Waals surface area contributed by atoms with Gasteiger partial charge in [0.25, 0.3) is 0 Å². The van der Waals surface area contributed by atoms with Crippen LogP contribution in [0.5, 0.6) is 0 Å². The minimum atomic E-state index is -1.89. The lowest BCUT2D eigenvalue weighted by atomic mass is 9.97. The summed E-state index contributed by atoms with van der Waals surface area (Å²) in [6.45, 7) is 11.1. The first-order chi connectivity index (χ1) is 46.5. The van der Waals surface area contributed by atoms with E-state index in [4.69, 9.17) is 23.7 Å². The Kier molecular flexibility index (Phi) is 45.3. The van der Waals surface area contributed by atoms with E-state index < -0.39 is 231 Å². The molecule has 0 aromatic rings. The van der Waals surface area contributed by atoms with Crippen molar-refractivity contribution in [2.75, 3.05) is 79.3 Å². The monoisotopic (exact) mass is 1420 g/mol. The van der Waals surface area contributed by atoms with E-state index in [9.17, 15) is 118 Å². The smallest absolute Gasteiger partial charge is 0.326 e. The van der Waals surface area contributed by atoms with Gasteiger partial charge >= 0.3 is 35.8 Å². The molecule has 0 aliphatic heterocycles. The third-order valence-corrected chi connectivity index (χ3v) is 14.7. The lowest BCUT2D eigenvalue weighted by Crippen LogP contribution is -2.60. The van der Waals surface area contributed by atoms with Crippen LogP contribution in [0.25, 0.3) is 0 Å². The highest BCUT2D eigenvalue weighted by atomic mass is 16.6. The highest BCUT2D eigenvalue weighted by Crippen LogP contribution is 2.14. The topological polar surface area (TPSA) is 601 Å². The molecule has 0 radical (unpaired) electrons. The van der Waals surface area contributed by atoms with E-state index in [2.05, 4.69) is 53.2 Å². The zero-order valence-electron chi connectivity index (χ0n) is 56.8. The van der Waals surface area contributed by atoms with Crippen molar-refractivity contribution >= 4 is 94.9 Å². The summed E-state index contributed by atoms with van der Waals surface area (Å²) in [5.41, 5.74) is 0. The van der Waals surface area contributed by atoms with Crippen molar-refractivity contribution in [1.29, 1.82) is 0 Å². The maximum absolute atomic E-state index is 13.6. The van der Waals surface area contributed by atoms with E-state index in [1.54, 1.807) is 27.7 Å². The molecule has 0 bridgehead atoms. The largest absolute Gasteiger partial charge is 0.481 e. The molecule has 99 heavy (non-hydrogen) atoms. The number of aliphatic carboxylic acids is 6. The summed E-state index contributed by atoms with van der Waals surface area (Å²) >= 11 is 0. The summed E-state index contributed by atoms with van der Waals surface area (Å²) in [5.74, 6) is -21.6. The van der Waals surface area contributed by atoms with Crippen LogP contribution in [0.2, 0.25) is 0 Å². The molecule has 0 aromatic carbocycles. The second-order valence-corrected chi connectivity index (χ2v) is 23.4. The predicted octanol–water partition coefficient (Wildman–Crippen LogP) is -5.07. The lowest BCUT2D eigenvalue weighted by Gasteiger charge is -2.27. The van der Waals surface area contributed by atoms with Gasteiger partial charge < -0.3 is 118 Å². The van der Waals surface area contributed by atoms with Crippen LogP contribution in [0.15, 0.2) is 0 Å². The van der Waals surface area contributed by atoms with E-state index in [1.165, 1.54) is 27.7 Å². The quantitative estimate of drug-likeness (QED) is 0.0253. The number of carboxylic acids is 6. The summed E-state index contributed by atoms with van der Waals surface area (Å²) in [7, 11) is 0. The van der Waals surface area contributed by atoms with Gasteiger partial charge in [-0.05, 0) is 36.5 Å². The van der Waals surface area contributed by atoms with Crippen molar-refractivity contribution in [2.45, 2.75) is 180 Å². The van der Waals surface area contributed by atoms with Gasteiger partial charge in [0.1, 0.15) is 60.4 Å². The van der Waals surface area contributed by atoms with Crippen LogP contribution < -0.4 is 53.2 Å². The number of nitrogens with one attached hydrogen (secondary N) is 10. The van der Waals surface area contributed by atoms with E-state index in [0.717, 1.165) is 0 Å². The van der Waals surface area contributed by atoms with Crippen LogP contribution in [0.1, 0.15) is 120 Å². The first-order valence-electron chi connectivity index (χ1n) is 32.0. The first kappa shape index (κ1) is 90.2. The SMILES string of the molecule is CC[C@H](C)[C@H](NC(=O)CCOCCOCCOCCOCCOCCC(=O)N[C@H](C(=O)N[C@@H](CCC(=O)O)C(=O)N[C@@H](CO)C(=O)N[C@@H](CC(=O)O)C(=O)N[C@H](C(=O)O)C(C)C)[C@@H](C)CC)C(=O)N[C@@H](CCC(=O)O)C(=O)N[C@@H](CO)C(=O)N[C@@H](CC(=O)O)C(=O)N[C@H](C(=O)O)C(C)C. The average Bonchev–Trinajstić information content (AvgIpc) is 0.911. The molecule has 0 unspecified atom stereocenters. The number of hydrogen-bond acceptors (Lipinski definition) is 23. The average molecular weight is 1430 g/mol. The van der Waals surface area contributed by atoms with Gasteiger partial charge in [-0.15, -0.1) is 0 Å². The molecule has 0 rings (SSSR count). The molecule has 0 fully saturated rings. The fourth-order valence-corrected chi connectivity index (χ4v) is 8.58. The van der Waals surface area contributed by atoms with Gasteiger partial charge in [0.15, 0.2) is 0 Å². The number of hydrogen-bond donors (Lipinski definition) is 18. The molecule has 12 atom stereocenters. The molecule has 0 heterocycles. The van der Waals surface area contributed by atoms with E-state index >= 15 is 0 Å². The van der Waals surface area contributed by atoms with Gasteiger partial charge in [0.05, 0.1) is 92.1 Å².